The Kier molecular flexibility index (Phi) is 5.31. The summed E-state index contributed by atoms with van der Waals surface area (Å²) in [6.07, 6.45) is 0.812. The highest BCUT2D eigenvalue weighted by Gasteiger charge is 2.08. The Bertz CT molecular complexity index is 614. The number of hydrogen-bond donors (Lipinski definition) is 1. The molecule has 0 bridgehead atoms. The second-order valence-electron chi connectivity index (χ2n) is 4.87. The highest BCUT2D eigenvalue weighted by molar-refractivity contribution is 6.31. The first-order valence-corrected chi connectivity index (χ1v) is 7.17. The van der Waals surface area contributed by atoms with Gasteiger partial charge in [-0.05, 0) is 37.1 Å². The van der Waals surface area contributed by atoms with Crippen molar-refractivity contribution in [2.24, 2.45) is 0 Å². The quantitative estimate of drug-likeness (QED) is 0.644. The van der Waals surface area contributed by atoms with Crippen LogP contribution in [-0.2, 0) is 6.42 Å². The highest BCUT2D eigenvalue weighted by Crippen LogP contribution is 2.22. The average molecular weight is 305 g/mol. The Morgan fingerprint density at radius 3 is 2.48 bits per heavy atom. The molecule has 0 aromatic heterocycles. The Morgan fingerprint density at radius 2 is 1.86 bits per heavy atom. The molecule has 0 saturated carbocycles. The number of nitro groups is 1. The zero-order valence-electron chi connectivity index (χ0n) is 11.8. The molecular weight excluding hydrogens is 288 g/mol. The minimum absolute atomic E-state index is 0.121. The third kappa shape index (κ3) is 4.28. The normalized spacial score (nSPS) is 12.1. The predicted octanol–water partition coefficient (Wildman–Crippen LogP) is 4.14. The van der Waals surface area contributed by atoms with Crippen LogP contribution in [0.25, 0.3) is 0 Å². The monoisotopic (exact) mass is 304 g/mol. The number of benzene rings is 2. The van der Waals surface area contributed by atoms with Crippen molar-refractivity contribution in [2.45, 2.75) is 19.4 Å². The van der Waals surface area contributed by atoms with E-state index in [1.165, 1.54) is 12.1 Å². The molecule has 1 N–H and O–H groups in total. The van der Waals surface area contributed by atoms with Crippen LogP contribution in [0.1, 0.15) is 24.1 Å². The van der Waals surface area contributed by atoms with Gasteiger partial charge in [0.05, 0.1) is 4.92 Å². The molecule has 0 spiro atoms. The number of non-ortho nitro benzene ring substituents is 1. The van der Waals surface area contributed by atoms with E-state index >= 15 is 0 Å². The third-order valence-electron chi connectivity index (χ3n) is 3.38. The van der Waals surface area contributed by atoms with Crippen LogP contribution in [0.2, 0.25) is 5.02 Å². The molecule has 0 heterocycles. The van der Waals surface area contributed by atoms with Crippen LogP contribution in [-0.4, -0.2) is 11.5 Å². The van der Waals surface area contributed by atoms with Gasteiger partial charge in [-0.3, -0.25) is 10.1 Å². The second kappa shape index (κ2) is 7.20. The van der Waals surface area contributed by atoms with Crippen molar-refractivity contribution >= 4 is 17.3 Å². The zero-order chi connectivity index (χ0) is 15.2. The van der Waals surface area contributed by atoms with Crippen LogP contribution in [0.15, 0.2) is 48.5 Å². The lowest BCUT2D eigenvalue weighted by molar-refractivity contribution is -0.384. The lowest BCUT2D eigenvalue weighted by Crippen LogP contribution is -2.21. The number of nitrogens with zero attached hydrogens (tertiary/aromatic N) is 1. The van der Waals surface area contributed by atoms with Crippen molar-refractivity contribution in [3.63, 3.8) is 0 Å². The first kappa shape index (κ1) is 15.5. The van der Waals surface area contributed by atoms with E-state index < -0.39 is 0 Å². The van der Waals surface area contributed by atoms with Gasteiger partial charge in [0.25, 0.3) is 5.69 Å². The zero-order valence-corrected chi connectivity index (χ0v) is 12.5. The molecule has 1 atom stereocenters. The fourth-order valence-corrected chi connectivity index (χ4v) is 2.45. The maximum atomic E-state index is 10.6. The maximum absolute atomic E-state index is 10.6. The van der Waals surface area contributed by atoms with E-state index in [0.29, 0.717) is 0 Å². The molecule has 0 amide bonds. The molecular formula is C16H17ClN2O2. The molecule has 2 aromatic rings. The topological polar surface area (TPSA) is 55.2 Å². The molecule has 2 aromatic carbocycles. The van der Waals surface area contributed by atoms with E-state index in [1.807, 2.05) is 24.3 Å². The van der Waals surface area contributed by atoms with Gasteiger partial charge in [-0.25, -0.2) is 0 Å². The Balaban J connectivity index is 1.86. The van der Waals surface area contributed by atoms with Crippen molar-refractivity contribution in [3.05, 3.63) is 74.8 Å². The Morgan fingerprint density at radius 1 is 1.19 bits per heavy atom. The standard InChI is InChI=1S/C16H17ClN2O2/c1-12(15-4-2-3-5-16(15)17)18-11-10-13-6-8-14(9-7-13)19(20)21/h2-9,12,18H,10-11H2,1H3. The molecule has 0 saturated heterocycles. The van der Waals surface area contributed by atoms with Crippen molar-refractivity contribution in [2.75, 3.05) is 6.54 Å². The first-order valence-electron chi connectivity index (χ1n) is 6.79. The van der Waals surface area contributed by atoms with Gasteiger partial charge < -0.3 is 5.32 Å². The van der Waals surface area contributed by atoms with E-state index in [4.69, 9.17) is 11.6 Å². The van der Waals surface area contributed by atoms with Gasteiger partial charge in [0, 0.05) is 23.2 Å². The molecule has 0 aliphatic carbocycles. The molecule has 1 unspecified atom stereocenters. The largest absolute Gasteiger partial charge is 0.310 e. The molecule has 0 aliphatic heterocycles. The lowest BCUT2D eigenvalue weighted by atomic mass is 10.1. The fourth-order valence-electron chi connectivity index (χ4n) is 2.15. The number of nitro benzene ring substituents is 1. The van der Waals surface area contributed by atoms with Gasteiger partial charge in [-0.15, -0.1) is 0 Å². The summed E-state index contributed by atoms with van der Waals surface area (Å²) in [5, 5.41) is 14.7. The lowest BCUT2D eigenvalue weighted by Gasteiger charge is -2.15. The van der Waals surface area contributed by atoms with Gasteiger partial charge in [0.2, 0.25) is 0 Å². The van der Waals surface area contributed by atoms with Gasteiger partial charge in [-0.1, -0.05) is 41.9 Å². The minimum Gasteiger partial charge on any atom is -0.310 e. The van der Waals surface area contributed by atoms with Gasteiger partial charge in [-0.2, -0.15) is 0 Å². The fraction of sp³-hybridized carbons (Fsp3) is 0.250. The van der Waals surface area contributed by atoms with Crippen molar-refractivity contribution in [1.82, 2.24) is 5.32 Å². The van der Waals surface area contributed by atoms with Crippen LogP contribution in [0.3, 0.4) is 0 Å². The van der Waals surface area contributed by atoms with Crippen molar-refractivity contribution in [3.8, 4) is 0 Å². The maximum Gasteiger partial charge on any atom is 0.269 e. The van der Waals surface area contributed by atoms with E-state index in [2.05, 4.69) is 12.2 Å². The highest BCUT2D eigenvalue weighted by atomic mass is 35.5. The molecule has 0 radical (unpaired) electrons. The van der Waals surface area contributed by atoms with Crippen LogP contribution in [0.4, 0.5) is 5.69 Å². The van der Waals surface area contributed by atoms with Crippen LogP contribution < -0.4 is 5.32 Å². The number of nitrogens with one attached hydrogen (secondary N) is 1. The SMILES string of the molecule is CC(NCCc1ccc([N+](=O)[O-])cc1)c1ccccc1Cl. The van der Waals surface area contributed by atoms with Gasteiger partial charge in [0.15, 0.2) is 0 Å². The summed E-state index contributed by atoms with van der Waals surface area (Å²) >= 11 is 6.16. The second-order valence-corrected chi connectivity index (χ2v) is 5.28. The molecule has 21 heavy (non-hydrogen) atoms. The van der Waals surface area contributed by atoms with E-state index in [9.17, 15) is 10.1 Å². The molecule has 5 heteroatoms. The molecule has 0 aliphatic rings. The molecule has 0 fully saturated rings. The minimum atomic E-state index is -0.387. The van der Waals surface area contributed by atoms with Gasteiger partial charge in [0.1, 0.15) is 0 Å². The van der Waals surface area contributed by atoms with Crippen LogP contribution >= 0.6 is 11.6 Å². The first-order chi connectivity index (χ1) is 10.1. The van der Waals surface area contributed by atoms with E-state index in [-0.39, 0.29) is 16.7 Å². The summed E-state index contributed by atoms with van der Waals surface area (Å²) in [6, 6.07) is 14.6. The summed E-state index contributed by atoms with van der Waals surface area (Å²) in [7, 11) is 0. The summed E-state index contributed by atoms with van der Waals surface area (Å²) in [5.41, 5.74) is 2.26. The predicted molar refractivity (Wildman–Crippen MR) is 84.7 cm³/mol. The average Bonchev–Trinajstić information content (AvgIpc) is 2.48. The number of rotatable bonds is 6. The number of hydrogen-bond acceptors (Lipinski definition) is 3. The number of halogens is 1. The smallest absolute Gasteiger partial charge is 0.269 e. The molecule has 110 valence electrons. The van der Waals surface area contributed by atoms with E-state index in [0.717, 1.165) is 29.1 Å². The van der Waals surface area contributed by atoms with Crippen molar-refractivity contribution < 1.29 is 4.92 Å². The van der Waals surface area contributed by atoms with Crippen LogP contribution in [0.5, 0.6) is 0 Å². The van der Waals surface area contributed by atoms with E-state index in [1.54, 1.807) is 12.1 Å². The molecule has 4 nitrogen and oxygen atoms in total. The Labute approximate surface area is 128 Å². The Hall–Kier alpha value is -1.91. The van der Waals surface area contributed by atoms with Crippen LogP contribution in [0, 0.1) is 10.1 Å². The van der Waals surface area contributed by atoms with Gasteiger partial charge >= 0.3 is 0 Å². The molecule has 2 rings (SSSR count). The summed E-state index contributed by atoms with van der Waals surface area (Å²) in [6.45, 7) is 2.85. The summed E-state index contributed by atoms with van der Waals surface area (Å²) in [5.74, 6) is 0. The summed E-state index contributed by atoms with van der Waals surface area (Å²) < 4.78 is 0. The summed E-state index contributed by atoms with van der Waals surface area (Å²) in [4.78, 5) is 10.2. The third-order valence-corrected chi connectivity index (χ3v) is 3.73. The van der Waals surface area contributed by atoms with Crippen molar-refractivity contribution in [1.29, 1.82) is 0 Å².